The van der Waals surface area contributed by atoms with E-state index in [-0.39, 0.29) is 11.5 Å². The molecule has 0 unspecified atom stereocenters. The third-order valence-corrected chi connectivity index (χ3v) is 5.35. The molecule has 1 aromatic carbocycles. The quantitative estimate of drug-likeness (QED) is 0.916. The standard InChI is InChI=1S/C12H16N2O2S2/c1-3-18(15,16)7-6-13-12-14-10-5-4-9(2)8-11(10)17-12/h4-5,8H,3,6-7H2,1-2H3,(H,13,14). The van der Waals surface area contributed by atoms with Gasteiger partial charge in [-0.1, -0.05) is 24.3 Å². The zero-order valence-corrected chi connectivity index (χ0v) is 12.1. The molecule has 0 aliphatic heterocycles. The van der Waals surface area contributed by atoms with Crippen LogP contribution in [0.1, 0.15) is 12.5 Å². The van der Waals surface area contributed by atoms with Crippen molar-refractivity contribution in [1.82, 2.24) is 4.98 Å². The number of hydrogen-bond acceptors (Lipinski definition) is 5. The van der Waals surface area contributed by atoms with Crippen molar-refractivity contribution in [1.29, 1.82) is 0 Å². The average molecular weight is 284 g/mol. The Labute approximate surface area is 111 Å². The number of sulfone groups is 1. The fourth-order valence-electron chi connectivity index (χ4n) is 1.57. The number of fused-ring (bicyclic) bond motifs is 1. The van der Waals surface area contributed by atoms with E-state index in [9.17, 15) is 8.42 Å². The van der Waals surface area contributed by atoms with E-state index in [1.54, 1.807) is 18.3 Å². The van der Waals surface area contributed by atoms with E-state index in [2.05, 4.69) is 16.4 Å². The molecule has 0 bridgehead atoms. The maximum Gasteiger partial charge on any atom is 0.183 e. The monoisotopic (exact) mass is 284 g/mol. The first-order valence-electron chi connectivity index (χ1n) is 5.81. The van der Waals surface area contributed by atoms with Crippen LogP contribution in [0.2, 0.25) is 0 Å². The Morgan fingerprint density at radius 1 is 1.39 bits per heavy atom. The van der Waals surface area contributed by atoms with Gasteiger partial charge in [0, 0.05) is 12.3 Å². The maximum absolute atomic E-state index is 11.3. The maximum atomic E-state index is 11.3. The number of aromatic nitrogens is 1. The number of rotatable bonds is 5. The highest BCUT2D eigenvalue weighted by Crippen LogP contribution is 2.26. The molecule has 18 heavy (non-hydrogen) atoms. The molecule has 98 valence electrons. The largest absolute Gasteiger partial charge is 0.360 e. The van der Waals surface area contributed by atoms with Crippen LogP contribution in [-0.4, -0.2) is 31.5 Å². The molecule has 2 rings (SSSR count). The zero-order chi connectivity index (χ0) is 13.2. The summed E-state index contributed by atoms with van der Waals surface area (Å²) < 4.78 is 23.8. The summed E-state index contributed by atoms with van der Waals surface area (Å²) in [6.45, 7) is 4.12. The summed E-state index contributed by atoms with van der Waals surface area (Å²) in [7, 11) is -2.91. The minimum atomic E-state index is -2.91. The van der Waals surface area contributed by atoms with Gasteiger partial charge in [-0.25, -0.2) is 13.4 Å². The molecule has 0 aliphatic carbocycles. The Kier molecular flexibility index (Phi) is 3.87. The summed E-state index contributed by atoms with van der Waals surface area (Å²) in [4.78, 5) is 4.41. The van der Waals surface area contributed by atoms with Gasteiger partial charge in [0.15, 0.2) is 15.0 Å². The van der Waals surface area contributed by atoms with Crippen molar-refractivity contribution in [3.63, 3.8) is 0 Å². The number of aryl methyl sites for hydroxylation is 1. The van der Waals surface area contributed by atoms with Gasteiger partial charge in [0.1, 0.15) is 0 Å². The second kappa shape index (κ2) is 5.24. The van der Waals surface area contributed by atoms with Gasteiger partial charge in [0.05, 0.1) is 16.0 Å². The fraction of sp³-hybridized carbons (Fsp3) is 0.417. The minimum absolute atomic E-state index is 0.151. The van der Waals surface area contributed by atoms with Gasteiger partial charge in [-0.2, -0.15) is 0 Å². The Balaban J connectivity index is 2.04. The minimum Gasteiger partial charge on any atom is -0.360 e. The van der Waals surface area contributed by atoms with E-state index in [0.717, 1.165) is 15.3 Å². The Bertz CT molecular complexity index is 647. The molecule has 1 heterocycles. The molecule has 0 atom stereocenters. The Morgan fingerprint density at radius 2 is 2.17 bits per heavy atom. The van der Waals surface area contributed by atoms with E-state index in [1.807, 2.05) is 19.1 Å². The van der Waals surface area contributed by atoms with Crippen molar-refractivity contribution in [3.05, 3.63) is 23.8 Å². The topological polar surface area (TPSA) is 59.1 Å². The van der Waals surface area contributed by atoms with E-state index in [0.29, 0.717) is 6.54 Å². The lowest BCUT2D eigenvalue weighted by atomic mass is 10.2. The lowest BCUT2D eigenvalue weighted by Gasteiger charge is -2.01. The van der Waals surface area contributed by atoms with Gasteiger partial charge in [0.25, 0.3) is 0 Å². The molecule has 0 amide bonds. The fourth-order valence-corrected chi connectivity index (χ4v) is 3.26. The number of nitrogens with zero attached hydrogens (tertiary/aromatic N) is 1. The smallest absolute Gasteiger partial charge is 0.183 e. The van der Waals surface area contributed by atoms with Gasteiger partial charge >= 0.3 is 0 Å². The van der Waals surface area contributed by atoms with Crippen LogP contribution in [0.25, 0.3) is 10.2 Å². The first kappa shape index (κ1) is 13.3. The predicted octanol–water partition coefficient (Wildman–Crippen LogP) is 2.45. The lowest BCUT2D eigenvalue weighted by Crippen LogP contribution is -2.16. The lowest BCUT2D eigenvalue weighted by molar-refractivity contribution is 0.597. The first-order valence-corrected chi connectivity index (χ1v) is 8.45. The van der Waals surface area contributed by atoms with E-state index >= 15 is 0 Å². The van der Waals surface area contributed by atoms with Gasteiger partial charge in [-0.15, -0.1) is 0 Å². The molecule has 0 radical (unpaired) electrons. The van der Waals surface area contributed by atoms with E-state index < -0.39 is 9.84 Å². The highest BCUT2D eigenvalue weighted by atomic mass is 32.2. The van der Waals surface area contributed by atoms with Crippen molar-refractivity contribution in [3.8, 4) is 0 Å². The Hall–Kier alpha value is -1.14. The van der Waals surface area contributed by atoms with E-state index in [4.69, 9.17) is 0 Å². The van der Waals surface area contributed by atoms with Crippen LogP contribution in [0.5, 0.6) is 0 Å². The number of benzene rings is 1. The van der Waals surface area contributed by atoms with Crippen LogP contribution < -0.4 is 5.32 Å². The second-order valence-electron chi connectivity index (χ2n) is 4.15. The summed E-state index contributed by atoms with van der Waals surface area (Å²) in [5.74, 6) is 0.339. The SMILES string of the molecule is CCS(=O)(=O)CCNc1nc2ccc(C)cc2s1. The third kappa shape index (κ3) is 3.20. The number of nitrogens with one attached hydrogen (secondary N) is 1. The first-order chi connectivity index (χ1) is 8.50. The summed E-state index contributed by atoms with van der Waals surface area (Å²) >= 11 is 1.55. The van der Waals surface area contributed by atoms with Gasteiger partial charge in [0.2, 0.25) is 0 Å². The normalized spacial score (nSPS) is 11.9. The van der Waals surface area contributed by atoms with Crippen LogP contribution in [-0.2, 0) is 9.84 Å². The number of anilines is 1. The van der Waals surface area contributed by atoms with E-state index in [1.165, 1.54) is 5.56 Å². The molecule has 2 aromatic rings. The third-order valence-electron chi connectivity index (χ3n) is 2.67. The molecule has 1 N–H and O–H groups in total. The summed E-state index contributed by atoms with van der Waals surface area (Å²) in [5.41, 5.74) is 2.15. The molecule has 4 nitrogen and oxygen atoms in total. The van der Waals surface area contributed by atoms with Crippen LogP contribution in [0.4, 0.5) is 5.13 Å². The molecule has 0 saturated carbocycles. The number of hydrogen-bond donors (Lipinski definition) is 1. The summed E-state index contributed by atoms with van der Waals surface area (Å²) in [6.07, 6.45) is 0. The molecular weight excluding hydrogens is 268 g/mol. The second-order valence-corrected chi connectivity index (χ2v) is 7.66. The van der Waals surface area contributed by atoms with Crippen molar-refractivity contribution in [2.24, 2.45) is 0 Å². The molecule has 0 fully saturated rings. The Morgan fingerprint density at radius 3 is 2.89 bits per heavy atom. The van der Waals surface area contributed by atoms with Crippen LogP contribution in [0.15, 0.2) is 18.2 Å². The molecule has 1 aromatic heterocycles. The van der Waals surface area contributed by atoms with Gasteiger partial charge < -0.3 is 5.32 Å². The van der Waals surface area contributed by atoms with Crippen molar-refractivity contribution < 1.29 is 8.42 Å². The molecule has 0 aliphatic rings. The summed E-state index contributed by atoms with van der Waals surface area (Å²) in [5, 5.41) is 3.85. The molecule has 6 heteroatoms. The predicted molar refractivity (Wildman–Crippen MR) is 77.2 cm³/mol. The van der Waals surface area contributed by atoms with Gasteiger partial charge in [-0.05, 0) is 24.6 Å². The van der Waals surface area contributed by atoms with Crippen molar-refractivity contribution in [2.45, 2.75) is 13.8 Å². The molecule has 0 saturated heterocycles. The van der Waals surface area contributed by atoms with Gasteiger partial charge in [-0.3, -0.25) is 0 Å². The molecule has 0 spiro atoms. The number of thiazole rings is 1. The highest BCUT2D eigenvalue weighted by molar-refractivity contribution is 7.91. The zero-order valence-electron chi connectivity index (χ0n) is 10.4. The molecular formula is C12H16N2O2S2. The van der Waals surface area contributed by atoms with Crippen molar-refractivity contribution >= 4 is 36.5 Å². The highest BCUT2D eigenvalue weighted by Gasteiger charge is 2.08. The summed E-state index contributed by atoms with van der Waals surface area (Å²) in [6, 6.07) is 6.09. The average Bonchev–Trinajstić information content (AvgIpc) is 2.70. The van der Waals surface area contributed by atoms with Crippen molar-refractivity contribution in [2.75, 3.05) is 23.4 Å². The van der Waals surface area contributed by atoms with Crippen LogP contribution in [0, 0.1) is 6.92 Å². The van der Waals surface area contributed by atoms with Crippen LogP contribution >= 0.6 is 11.3 Å². The van der Waals surface area contributed by atoms with Crippen LogP contribution in [0.3, 0.4) is 0 Å².